The summed E-state index contributed by atoms with van der Waals surface area (Å²) >= 11 is 0. The molecule has 5 heteroatoms. The quantitative estimate of drug-likeness (QED) is 0.847. The number of nitrogens with one attached hydrogen (secondary N) is 1. The smallest absolute Gasteiger partial charge is 0.163 e. The summed E-state index contributed by atoms with van der Waals surface area (Å²) in [6.45, 7) is 2.49. The van der Waals surface area contributed by atoms with Gasteiger partial charge in [0.25, 0.3) is 0 Å². The molecule has 0 aromatic heterocycles. The molecule has 0 bridgehead atoms. The highest BCUT2D eigenvalue weighted by Crippen LogP contribution is 2.19. The van der Waals surface area contributed by atoms with Crippen LogP contribution in [0, 0.1) is 40.9 Å². The van der Waals surface area contributed by atoms with Crippen molar-refractivity contribution in [3.63, 3.8) is 0 Å². The average Bonchev–Trinajstić information content (AvgIpc) is 2.62. The Balaban J connectivity index is 2.02. The minimum Gasteiger partial charge on any atom is -0.489 e. The maximum absolute atomic E-state index is 9.01. The first-order valence-corrected chi connectivity index (χ1v) is 7.16. The monoisotopic (exact) mass is 314 g/mol. The van der Waals surface area contributed by atoms with Gasteiger partial charge in [-0.1, -0.05) is 29.8 Å². The Morgan fingerprint density at radius 1 is 0.917 bits per heavy atom. The van der Waals surface area contributed by atoms with Gasteiger partial charge in [0.15, 0.2) is 5.57 Å². The van der Waals surface area contributed by atoms with Gasteiger partial charge in [-0.25, -0.2) is 0 Å². The standard InChI is InChI=1S/C19H14N4O/c1-14-2-4-15(5-3-14)13-24-18-8-6-17(7-9-18)23-19(12-22)16(10-20)11-21/h2-9,23H,13H2,1H3. The Morgan fingerprint density at radius 3 is 2.08 bits per heavy atom. The van der Waals surface area contributed by atoms with Crippen molar-refractivity contribution in [1.29, 1.82) is 15.8 Å². The van der Waals surface area contributed by atoms with Crippen LogP contribution in [0.25, 0.3) is 0 Å². The SMILES string of the molecule is Cc1ccc(COc2ccc(NC(C#N)=C(C#N)C#N)cc2)cc1. The third-order valence-electron chi connectivity index (χ3n) is 3.24. The van der Waals surface area contributed by atoms with E-state index < -0.39 is 0 Å². The zero-order chi connectivity index (χ0) is 17.4. The lowest BCUT2D eigenvalue weighted by Gasteiger charge is -2.08. The fraction of sp³-hybridized carbons (Fsp3) is 0.105. The summed E-state index contributed by atoms with van der Waals surface area (Å²) < 4.78 is 5.70. The highest BCUT2D eigenvalue weighted by Gasteiger charge is 2.06. The van der Waals surface area contributed by atoms with Gasteiger partial charge < -0.3 is 10.1 Å². The van der Waals surface area contributed by atoms with Crippen LogP contribution in [0.4, 0.5) is 5.69 Å². The molecule has 0 saturated heterocycles. The van der Waals surface area contributed by atoms with Gasteiger partial charge in [0, 0.05) is 5.69 Å². The molecule has 2 rings (SSSR count). The topological polar surface area (TPSA) is 92.6 Å². The third kappa shape index (κ3) is 4.37. The number of ether oxygens (including phenoxy) is 1. The van der Waals surface area contributed by atoms with Gasteiger partial charge in [0.05, 0.1) is 0 Å². The van der Waals surface area contributed by atoms with E-state index in [-0.39, 0.29) is 11.3 Å². The molecule has 0 amide bonds. The van der Waals surface area contributed by atoms with E-state index in [4.69, 9.17) is 20.5 Å². The van der Waals surface area contributed by atoms with Crippen LogP contribution in [-0.2, 0) is 6.61 Å². The number of nitriles is 3. The molecule has 5 nitrogen and oxygen atoms in total. The van der Waals surface area contributed by atoms with E-state index in [2.05, 4.69) is 5.32 Å². The third-order valence-corrected chi connectivity index (χ3v) is 3.24. The van der Waals surface area contributed by atoms with E-state index in [9.17, 15) is 0 Å². The molecule has 0 unspecified atom stereocenters. The molecule has 2 aromatic rings. The van der Waals surface area contributed by atoms with Gasteiger partial charge in [-0.15, -0.1) is 0 Å². The van der Waals surface area contributed by atoms with Crippen molar-refractivity contribution in [2.45, 2.75) is 13.5 Å². The predicted molar refractivity (Wildman–Crippen MR) is 89.4 cm³/mol. The minimum atomic E-state index is -0.253. The van der Waals surface area contributed by atoms with Crippen molar-refractivity contribution in [3.8, 4) is 24.0 Å². The summed E-state index contributed by atoms with van der Waals surface area (Å²) in [6, 6.07) is 20.2. The van der Waals surface area contributed by atoms with Crippen molar-refractivity contribution < 1.29 is 4.74 Å². The number of hydrogen-bond acceptors (Lipinski definition) is 5. The van der Waals surface area contributed by atoms with Gasteiger partial charge in [0.2, 0.25) is 0 Å². The van der Waals surface area contributed by atoms with Crippen LogP contribution in [0.1, 0.15) is 11.1 Å². The maximum Gasteiger partial charge on any atom is 0.163 e. The van der Waals surface area contributed by atoms with E-state index in [1.165, 1.54) is 5.56 Å². The van der Waals surface area contributed by atoms with Crippen molar-refractivity contribution in [3.05, 3.63) is 70.9 Å². The van der Waals surface area contributed by atoms with Crippen LogP contribution in [-0.4, -0.2) is 0 Å². The molecule has 1 N–H and O–H groups in total. The Hall–Kier alpha value is -3.75. The molecular formula is C19H14N4O. The molecule has 0 aliphatic heterocycles. The van der Waals surface area contributed by atoms with Gasteiger partial charge in [-0.05, 0) is 36.8 Å². The molecule has 0 spiro atoms. The molecule has 0 fully saturated rings. The molecule has 0 atom stereocenters. The lowest BCUT2D eigenvalue weighted by atomic mass is 10.2. The summed E-state index contributed by atoms with van der Waals surface area (Å²) in [6.07, 6.45) is 0. The van der Waals surface area contributed by atoms with E-state index in [1.54, 1.807) is 36.4 Å². The lowest BCUT2D eigenvalue weighted by molar-refractivity contribution is 0.306. The molecule has 0 aliphatic rings. The molecule has 24 heavy (non-hydrogen) atoms. The van der Waals surface area contributed by atoms with E-state index in [0.29, 0.717) is 18.0 Å². The molecular weight excluding hydrogens is 300 g/mol. The first kappa shape index (κ1) is 16.6. The number of nitrogens with zero attached hydrogens (tertiary/aromatic N) is 3. The summed E-state index contributed by atoms with van der Waals surface area (Å²) in [5.74, 6) is 0.685. The van der Waals surface area contributed by atoms with Crippen LogP contribution in [0.2, 0.25) is 0 Å². The number of aryl methyl sites for hydroxylation is 1. The molecule has 0 saturated carbocycles. The van der Waals surface area contributed by atoms with Crippen molar-refractivity contribution >= 4 is 5.69 Å². The Labute approximate surface area is 140 Å². The zero-order valence-electron chi connectivity index (χ0n) is 13.1. The minimum absolute atomic E-state index is 0.0756. The number of allylic oxidation sites excluding steroid dienone is 2. The van der Waals surface area contributed by atoms with Crippen molar-refractivity contribution in [2.75, 3.05) is 5.32 Å². The van der Waals surface area contributed by atoms with Crippen LogP contribution < -0.4 is 10.1 Å². The van der Waals surface area contributed by atoms with E-state index in [0.717, 1.165) is 5.56 Å². The Kier molecular flexibility index (Phi) is 5.56. The number of benzene rings is 2. The second kappa shape index (κ2) is 8.03. The van der Waals surface area contributed by atoms with Gasteiger partial charge in [-0.2, -0.15) is 15.8 Å². The Bertz CT molecular complexity index is 844. The second-order valence-electron chi connectivity index (χ2n) is 5.01. The molecule has 0 heterocycles. The van der Waals surface area contributed by atoms with Crippen LogP contribution >= 0.6 is 0 Å². The maximum atomic E-state index is 9.01. The van der Waals surface area contributed by atoms with E-state index >= 15 is 0 Å². The molecule has 2 aromatic carbocycles. The summed E-state index contributed by atoms with van der Waals surface area (Å²) in [5, 5.41) is 29.4. The lowest BCUT2D eigenvalue weighted by Crippen LogP contribution is -2.01. The van der Waals surface area contributed by atoms with Crippen molar-refractivity contribution in [1.82, 2.24) is 0 Å². The molecule has 0 radical (unpaired) electrons. The predicted octanol–water partition coefficient (Wildman–Crippen LogP) is 3.81. The van der Waals surface area contributed by atoms with E-state index in [1.807, 2.05) is 37.3 Å². The summed E-state index contributed by atoms with van der Waals surface area (Å²) in [7, 11) is 0. The highest BCUT2D eigenvalue weighted by atomic mass is 16.5. The van der Waals surface area contributed by atoms with Crippen LogP contribution in [0.15, 0.2) is 59.8 Å². The van der Waals surface area contributed by atoms with Gasteiger partial charge in [-0.3, -0.25) is 0 Å². The number of anilines is 1. The number of hydrogen-bond donors (Lipinski definition) is 1. The molecule has 0 aliphatic carbocycles. The summed E-state index contributed by atoms with van der Waals surface area (Å²) in [4.78, 5) is 0. The normalized spacial score (nSPS) is 9.08. The van der Waals surface area contributed by atoms with Gasteiger partial charge >= 0.3 is 0 Å². The fourth-order valence-electron chi connectivity index (χ4n) is 1.91. The Morgan fingerprint density at radius 2 is 1.54 bits per heavy atom. The largest absolute Gasteiger partial charge is 0.489 e. The zero-order valence-corrected chi connectivity index (χ0v) is 13.1. The van der Waals surface area contributed by atoms with Crippen LogP contribution in [0.5, 0.6) is 5.75 Å². The average molecular weight is 314 g/mol. The highest BCUT2D eigenvalue weighted by molar-refractivity contribution is 5.58. The fourth-order valence-corrected chi connectivity index (χ4v) is 1.91. The number of rotatable bonds is 5. The first-order chi connectivity index (χ1) is 11.7. The molecule has 116 valence electrons. The van der Waals surface area contributed by atoms with Crippen molar-refractivity contribution in [2.24, 2.45) is 0 Å². The van der Waals surface area contributed by atoms with Gasteiger partial charge in [0.1, 0.15) is 36.3 Å². The first-order valence-electron chi connectivity index (χ1n) is 7.16. The second-order valence-corrected chi connectivity index (χ2v) is 5.01. The summed E-state index contributed by atoms with van der Waals surface area (Å²) in [5.41, 5.74) is 2.54. The van der Waals surface area contributed by atoms with Crippen LogP contribution in [0.3, 0.4) is 0 Å².